The number of nitrogens with two attached hydrogens (primary N) is 1. The molecule has 3 N–H and O–H groups in total. The van der Waals surface area contributed by atoms with E-state index >= 15 is 0 Å². The van der Waals surface area contributed by atoms with Gasteiger partial charge in [0.15, 0.2) is 5.01 Å². The number of hydrazine groups is 1. The molecule has 0 bridgehead atoms. The predicted octanol–water partition coefficient (Wildman–Crippen LogP) is 4.02. The second kappa shape index (κ2) is 5.87. The van der Waals surface area contributed by atoms with Crippen LogP contribution < -0.4 is 11.3 Å². The van der Waals surface area contributed by atoms with Gasteiger partial charge in [-0.2, -0.15) is 13.2 Å². The van der Waals surface area contributed by atoms with E-state index in [-0.39, 0.29) is 0 Å². The molecule has 1 aromatic heterocycles. The van der Waals surface area contributed by atoms with Crippen LogP contribution in [-0.4, -0.2) is 4.98 Å². The van der Waals surface area contributed by atoms with Crippen LogP contribution in [0.4, 0.5) is 13.2 Å². The average molecular weight is 342 g/mol. The van der Waals surface area contributed by atoms with E-state index in [2.05, 4.69) is 10.4 Å². The van der Waals surface area contributed by atoms with Crippen LogP contribution in [0.3, 0.4) is 0 Å². The summed E-state index contributed by atoms with van der Waals surface area (Å²) in [7, 11) is 0. The standard InChI is InChI=1S/C11H8Cl2F3N3S/c12-6-1-5(2-7(13)3-6)9(19-17)8-4-18-10(20-8)11(14,15)16/h1-4,9,19H,17H2. The molecule has 3 nitrogen and oxygen atoms in total. The Morgan fingerprint density at radius 2 is 1.80 bits per heavy atom. The number of thiazole rings is 1. The van der Waals surface area contributed by atoms with Crippen LogP contribution in [0.15, 0.2) is 24.4 Å². The highest BCUT2D eigenvalue weighted by Crippen LogP contribution is 2.36. The highest BCUT2D eigenvalue weighted by atomic mass is 35.5. The summed E-state index contributed by atoms with van der Waals surface area (Å²) in [6, 6.07) is 4.00. The van der Waals surface area contributed by atoms with Crippen molar-refractivity contribution < 1.29 is 13.2 Å². The van der Waals surface area contributed by atoms with Crippen LogP contribution in [-0.2, 0) is 6.18 Å². The van der Waals surface area contributed by atoms with E-state index < -0.39 is 17.2 Å². The van der Waals surface area contributed by atoms with E-state index in [1.165, 1.54) is 6.07 Å². The second-order valence-corrected chi connectivity index (χ2v) is 5.80. The van der Waals surface area contributed by atoms with Crippen molar-refractivity contribution in [3.8, 4) is 0 Å². The van der Waals surface area contributed by atoms with Gasteiger partial charge in [-0.3, -0.25) is 5.84 Å². The van der Waals surface area contributed by atoms with E-state index in [0.29, 0.717) is 31.8 Å². The smallest absolute Gasteiger partial charge is 0.271 e. The van der Waals surface area contributed by atoms with Crippen LogP contribution in [0.1, 0.15) is 21.5 Å². The molecular weight excluding hydrogens is 334 g/mol. The summed E-state index contributed by atoms with van der Waals surface area (Å²) in [6.45, 7) is 0. The van der Waals surface area contributed by atoms with E-state index in [4.69, 9.17) is 29.0 Å². The first-order valence-corrected chi connectivity index (χ1v) is 6.83. The molecule has 0 radical (unpaired) electrons. The molecule has 0 spiro atoms. The number of rotatable bonds is 3. The Hall–Kier alpha value is -0.860. The number of benzene rings is 1. The Balaban J connectivity index is 2.39. The van der Waals surface area contributed by atoms with Crippen molar-refractivity contribution in [2.24, 2.45) is 5.84 Å². The van der Waals surface area contributed by atoms with Crippen LogP contribution in [0.25, 0.3) is 0 Å². The summed E-state index contributed by atoms with van der Waals surface area (Å²) >= 11 is 12.3. The second-order valence-electron chi connectivity index (χ2n) is 3.87. The molecule has 0 aliphatic heterocycles. The van der Waals surface area contributed by atoms with Crippen molar-refractivity contribution in [1.82, 2.24) is 10.4 Å². The van der Waals surface area contributed by atoms with Gasteiger partial charge in [0.05, 0.1) is 6.04 Å². The fourth-order valence-electron chi connectivity index (χ4n) is 1.64. The van der Waals surface area contributed by atoms with Crippen LogP contribution in [0, 0.1) is 0 Å². The van der Waals surface area contributed by atoms with Gasteiger partial charge in [0.25, 0.3) is 0 Å². The number of alkyl halides is 3. The molecule has 0 amide bonds. The molecule has 2 aromatic rings. The van der Waals surface area contributed by atoms with Crippen molar-refractivity contribution in [3.63, 3.8) is 0 Å². The summed E-state index contributed by atoms with van der Waals surface area (Å²) in [5.74, 6) is 5.42. The molecule has 1 unspecified atom stereocenters. The van der Waals surface area contributed by atoms with Gasteiger partial charge in [-0.25, -0.2) is 10.4 Å². The first kappa shape index (κ1) is 15.5. The monoisotopic (exact) mass is 341 g/mol. The fraction of sp³-hybridized carbons (Fsp3) is 0.182. The Kier molecular flexibility index (Phi) is 4.55. The molecule has 1 atom stereocenters. The van der Waals surface area contributed by atoms with Gasteiger partial charge < -0.3 is 0 Å². The number of nitrogens with one attached hydrogen (secondary N) is 1. The molecule has 0 saturated carbocycles. The zero-order valence-corrected chi connectivity index (χ0v) is 12.0. The van der Waals surface area contributed by atoms with Gasteiger partial charge in [0, 0.05) is 21.1 Å². The third-order valence-corrected chi connectivity index (χ3v) is 3.98. The van der Waals surface area contributed by atoms with Gasteiger partial charge in [0.2, 0.25) is 0 Å². The topological polar surface area (TPSA) is 50.9 Å². The Labute approximate surface area is 126 Å². The van der Waals surface area contributed by atoms with Gasteiger partial charge in [0.1, 0.15) is 0 Å². The summed E-state index contributed by atoms with van der Waals surface area (Å²) in [4.78, 5) is 3.68. The summed E-state index contributed by atoms with van der Waals surface area (Å²) in [6.07, 6.45) is -3.35. The number of aromatic nitrogens is 1. The highest BCUT2D eigenvalue weighted by molar-refractivity contribution is 7.11. The maximum Gasteiger partial charge on any atom is 0.443 e. The highest BCUT2D eigenvalue weighted by Gasteiger charge is 2.35. The molecule has 0 fully saturated rings. The van der Waals surface area contributed by atoms with Gasteiger partial charge in [-0.05, 0) is 23.8 Å². The van der Waals surface area contributed by atoms with Crippen molar-refractivity contribution in [2.75, 3.05) is 0 Å². The number of halogens is 5. The number of hydrogen-bond acceptors (Lipinski definition) is 4. The lowest BCUT2D eigenvalue weighted by atomic mass is 10.1. The summed E-state index contributed by atoms with van der Waals surface area (Å²) in [5, 5.41) is -0.192. The lowest BCUT2D eigenvalue weighted by Gasteiger charge is -2.15. The van der Waals surface area contributed by atoms with Crippen LogP contribution >= 0.6 is 34.5 Å². The van der Waals surface area contributed by atoms with Crippen molar-refractivity contribution in [1.29, 1.82) is 0 Å². The predicted molar refractivity (Wildman–Crippen MR) is 72.7 cm³/mol. The third-order valence-electron chi connectivity index (χ3n) is 2.44. The molecular formula is C11H8Cl2F3N3S. The van der Waals surface area contributed by atoms with Crippen LogP contribution in [0.5, 0.6) is 0 Å². The minimum Gasteiger partial charge on any atom is -0.271 e. The van der Waals surface area contributed by atoms with E-state index in [9.17, 15) is 13.2 Å². The number of nitrogens with zero attached hydrogens (tertiary/aromatic N) is 1. The van der Waals surface area contributed by atoms with E-state index in [1.807, 2.05) is 0 Å². The first-order chi connectivity index (χ1) is 9.31. The van der Waals surface area contributed by atoms with Crippen molar-refractivity contribution >= 4 is 34.5 Å². The molecule has 0 saturated heterocycles. The first-order valence-electron chi connectivity index (χ1n) is 5.26. The Morgan fingerprint density at radius 1 is 1.20 bits per heavy atom. The zero-order valence-electron chi connectivity index (χ0n) is 9.71. The molecule has 0 aliphatic rings. The molecule has 0 aliphatic carbocycles. The lowest BCUT2D eigenvalue weighted by Crippen LogP contribution is -2.28. The normalized spacial score (nSPS) is 13.5. The minimum atomic E-state index is -4.48. The van der Waals surface area contributed by atoms with Gasteiger partial charge in [-0.15, -0.1) is 11.3 Å². The van der Waals surface area contributed by atoms with Gasteiger partial charge >= 0.3 is 6.18 Å². The third kappa shape index (κ3) is 3.42. The van der Waals surface area contributed by atoms with Crippen LogP contribution in [0.2, 0.25) is 10.0 Å². The van der Waals surface area contributed by atoms with E-state index in [1.54, 1.807) is 12.1 Å². The lowest BCUT2D eigenvalue weighted by molar-refractivity contribution is -0.137. The summed E-state index contributed by atoms with van der Waals surface area (Å²) in [5.41, 5.74) is 3.00. The zero-order chi connectivity index (χ0) is 14.9. The van der Waals surface area contributed by atoms with Crippen molar-refractivity contribution in [2.45, 2.75) is 12.2 Å². The molecule has 9 heteroatoms. The molecule has 20 heavy (non-hydrogen) atoms. The molecule has 108 valence electrons. The fourth-order valence-corrected chi connectivity index (χ4v) is 3.05. The maximum atomic E-state index is 12.6. The van der Waals surface area contributed by atoms with Crippen molar-refractivity contribution in [3.05, 3.63) is 49.9 Å². The Morgan fingerprint density at radius 3 is 2.25 bits per heavy atom. The maximum absolute atomic E-state index is 12.6. The Bertz CT molecular complexity index is 595. The van der Waals surface area contributed by atoms with Gasteiger partial charge in [-0.1, -0.05) is 23.2 Å². The SMILES string of the molecule is NNC(c1cc(Cl)cc(Cl)c1)c1cnc(C(F)(F)F)s1. The minimum absolute atomic E-state index is 0.318. The molecule has 1 aromatic carbocycles. The van der Waals surface area contributed by atoms with E-state index in [0.717, 1.165) is 6.20 Å². The molecule has 1 heterocycles. The largest absolute Gasteiger partial charge is 0.443 e. The number of hydrogen-bond donors (Lipinski definition) is 2. The molecule has 2 rings (SSSR count). The quantitative estimate of drug-likeness (QED) is 0.654. The summed E-state index contributed by atoms with van der Waals surface area (Å²) < 4.78 is 37.7. The average Bonchev–Trinajstić information content (AvgIpc) is 2.77.